The van der Waals surface area contributed by atoms with Crippen molar-refractivity contribution < 1.29 is 4.79 Å². The second-order valence-corrected chi connectivity index (χ2v) is 5.40. The number of nitrogens with one attached hydrogen (secondary N) is 2. The topological polar surface area (TPSA) is 41.1 Å². The van der Waals surface area contributed by atoms with Crippen molar-refractivity contribution in [1.82, 2.24) is 10.6 Å². The van der Waals surface area contributed by atoms with Gasteiger partial charge in [-0.25, -0.2) is 0 Å². The van der Waals surface area contributed by atoms with Crippen LogP contribution in [0.25, 0.3) is 10.8 Å². The van der Waals surface area contributed by atoms with E-state index < -0.39 is 0 Å². The van der Waals surface area contributed by atoms with Gasteiger partial charge in [0.2, 0.25) is 5.91 Å². The molecule has 1 atom stereocenters. The minimum absolute atomic E-state index is 0.124. The van der Waals surface area contributed by atoms with Crippen LogP contribution in [-0.2, 0) is 11.3 Å². The molecule has 0 aromatic heterocycles. The zero-order chi connectivity index (χ0) is 13.8. The van der Waals surface area contributed by atoms with Crippen LogP contribution in [0.4, 0.5) is 0 Å². The average molecular weight is 268 g/mol. The van der Waals surface area contributed by atoms with E-state index in [2.05, 4.69) is 34.9 Å². The molecule has 104 valence electrons. The molecule has 3 rings (SSSR count). The molecule has 2 N–H and O–H groups in total. The number of amides is 1. The standard InChI is InChI=1S/C17H20N2O/c20-17(15-8-4-10-18-11-15)19-12-14-7-3-6-13-5-1-2-9-16(13)14/h1-3,5-7,9,15,18H,4,8,10-12H2,(H,19,20)/t15-/m1/s1. The van der Waals surface area contributed by atoms with Gasteiger partial charge in [0.25, 0.3) is 0 Å². The van der Waals surface area contributed by atoms with Gasteiger partial charge < -0.3 is 10.6 Å². The Balaban J connectivity index is 1.69. The quantitative estimate of drug-likeness (QED) is 0.898. The van der Waals surface area contributed by atoms with Crippen molar-refractivity contribution in [3.8, 4) is 0 Å². The fourth-order valence-electron chi connectivity index (χ4n) is 2.85. The predicted molar refractivity (Wildman–Crippen MR) is 81.4 cm³/mol. The van der Waals surface area contributed by atoms with E-state index in [1.54, 1.807) is 0 Å². The Morgan fingerprint density at radius 2 is 2.05 bits per heavy atom. The van der Waals surface area contributed by atoms with Gasteiger partial charge in [-0.2, -0.15) is 0 Å². The Morgan fingerprint density at radius 3 is 2.90 bits per heavy atom. The highest BCUT2D eigenvalue weighted by Crippen LogP contribution is 2.18. The zero-order valence-electron chi connectivity index (χ0n) is 11.6. The largest absolute Gasteiger partial charge is 0.352 e. The molecular formula is C17H20N2O. The van der Waals surface area contributed by atoms with Crippen LogP contribution in [0.2, 0.25) is 0 Å². The van der Waals surface area contributed by atoms with Crippen molar-refractivity contribution in [3.63, 3.8) is 0 Å². The lowest BCUT2D eigenvalue weighted by Crippen LogP contribution is -2.40. The molecule has 2 aromatic rings. The fraction of sp³-hybridized carbons (Fsp3) is 0.353. The van der Waals surface area contributed by atoms with Crippen LogP contribution in [0.1, 0.15) is 18.4 Å². The van der Waals surface area contributed by atoms with Crippen LogP contribution in [0, 0.1) is 5.92 Å². The maximum Gasteiger partial charge on any atom is 0.224 e. The van der Waals surface area contributed by atoms with Crippen LogP contribution < -0.4 is 10.6 Å². The summed E-state index contributed by atoms with van der Waals surface area (Å²) >= 11 is 0. The van der Waals surface area contributed by atoms with Crippen LogP contribution in [0.15, 0.2) is 42.5 Å². The van der Waals surface area contributed by atoms with Crippen molar-refractivity contribution in [2.45, 2.75) is 19.4 Å². The molecule has 2 aromatic carbocycles. The molecule has 1 aliphatic heterocycles. The molecule has 1 saturated heterocycles. The summed E-state index contributed by atoms with van der Waals surface area (Å²) in [6, 6.07) is 14.5. The van der Waals surface area contributed by atoms with Crippen LogP contribution in [0.3, 0.4) is 0 Å². The Bertz CT molecular complexity index is 597. The Kier molecular flexibility index (Phi) is 3.97. The van der Waals surface area contributed by atoms with Crippen molar-refractivity contribution in [3.05, 3.63) is 48.0 Å². The van der Waals surface area contributed by atoms with E-state index in [1.807, 2.05) is 18.2 Å². The van der Waals surface area contributed by atoms with E-state index in [9.17, 15) is 4.79 Å². The van der Waals surface area contributed by atoms with Gasteiger partial charge >= 0.3 is 0 Å². The smallest absolute Gasteiger partial charge is 0.224 e. The summed E-state index contributed by atoms with van der Waals surface area (Å²) in [5, 5.41) is 8.80. The molecule has 0 radical (unpaired) electrons. The number of hydrogen-bond donors (Lipinski definition) is 2. The summed E-state index contributed by atoms with van der Waals surface area (Å²) in [6.45, 7) is 2.45. The van der Waals surface area contributed by atoms with Gasteiger partial charge in [-0.15, -0.1) is 0 Å². The Hall–Kier alpha value is -1.87. The maximum atomic E-state index is 12.2. The summed E-state index contributed by atoms with van der Waals surface area (Å²) in [5.41, 5.74) is 1.18. The Labute approximate surface area is 119 Å². The van der Waals surface area contributed by atoms with E-state index in [-0.39, 0.29) is 11.8 Å². The third-order valence-corrected chi connectivity index (χ3v) is 4.00. The minimum Gasteiger partial charge on any atom is -0.352 e. The number of carbonyl (C=O) groups is 1. The summed E-state index contributed by atoms with van der Waals surface area (Å²) < 4.78 is 0. The third kappa shape index (κ3) is 2.83. The Morgan fingerprint density at radius 1 is 1.20 bits per heavy atom. The van der Waals surface area contributed by atoms with E-state index in [1.165, 1.54) is 16.3 Å². The van der Waals surface area contributed by atoms with E-state index >= 15 is 0 Å². The highest BCUT2D eigenvalue weighted by atomic mass is 16.1. The number of carbonyl (C=O) groups excluding carboxylic acids is 1. The van der Waals surface area contributed by atoms with E-state index in [0.29, 0.717) is 6.54 Å². The number of benzene rings is 2. The lowest BCUT2D eigenvalue weighted by molar-refractivity contribution is -0.125. The van der Waals surface area contributed by atoms with Gasteiger partial charge in [-0.1, -0.05) is 42.5 Å². The van der Waals surface area contributed by atoms with Gasteiger partial charge in [0, 0.05) is 13.1 Å². The lowest BCUT2D eigenvalue weighted by Gasteiger charge is -2.22. The maximum absolute atomic E-state index is 12.2. The fourth-order valence-corrected chi connectivity index (χ4v) is 2.85. The second-order valence-electron chi connectivity index (χ2n) is 5.40. The first-order valence-electron chi connectivity index (χ1n) is 7.29. The average Bonchev–Trinajstić information content (AvgIpc) is 2.53. The molecule has 20 heavy (non-hydrogen) atoms. The zero-order valence-corrected chi connectivity index (χ0v) is 11.6. The van der Waals surface area contributed by atoms with Gasteiger partial charge in [-0.05, 0) is 35.7 Å². The van der Waals surface area contributed by atoms with Gasteiger partial charge in [0.05, 0.1) is 5.92 Å². The summed E-state index contributed by atoms with van der Waals surface area (Å²) in [5.74, 6) is 0.295. The predicted octanol–water partition coefficient (Wildman–Crippen LogP) is 2.46. The summed E-state index contributed by atoms with van der Waals surface area (Å²) in [6.07, 6.45) is 2.08. The molecule has 3 nitrogen and oxygen atoms in total. The highest BCUT2D eigenvalue weighted by Gasteiger charge is 2.20. The molecule has 0 saturated carbocycles. The molecule has 1 heterocycles. The van der Waals surface area contributed by atoms with Gasteiger partial charge in [0.1, 0.15) is 0 Å². The first-order valence-corrected chi connectivity index (χ1v) is 7.29. The molecule has 0 aliphatic carbocycles. The summed E-state index contributed by atoms with van der Waals surface area (Å²) in [4.78, 5) is 12.2. The first-order chi connectivity index (χ1) is 9.84. The minimum atomic E-state index is 0.124. The van der Waals surface area contributed by atoms with Gasteiger partial charge in [0.15, 0.2) is 0 Å². The van der Waals surface area contributed by atoms with E-state index in [4.69, 9.17) is 0 Å². The summed E-state index contributed by atoms with van der Waals surface area (Å²) in [7, 11) is 0. The molecule has 0 bridgehead atoms. The van der Waals surface area contributed by atoms with Crippen molar-refractivity contribution in [1.29, 1.82) is 0 Å². The van der Waals surface area contributed by atoms with Gasteiger partial charge in [-0.3, -0.25) is 4.79 Å². The SMILES string of the molecule is O=C(NCc1cccc2ccccc12)[C@@H]1CCCNC1. The lowest BCUT2D eigenvalue weighted by atomic mass is 9.98. The number of rotatable bonds is 3. The van der Waals surface area contributed by atoms with Crippen LogP contribution >= 0.6 is 0 Å². The van der Waals surface area contributed by atoms with Crippen molar-refractivity contribution in [2.24, 2.45) is 5.92 Å². The third-order valence-electron chi connectivity index (χ3n) is 4.00. The van der Waals surface area contributed by atoms with Crippen LogP contribution in [-0.4, -0.2) is 19.0 Å². The number of hydrogen-bond acceptors (Lipinski definition) is 2. The molecule has 3 heteroatoms. The monoisotopic (exact) mass is 268 g/mol. The molecule has 1 fully saturated rings. The first kappa shape index (κ1) is 13.1. The molecule has 1 amide bonds. The number of piperidine rings is 1. The molecule has 0 spiro atoms. The van der Waals surface area contributed by atoms with Crippen LogP contribution in [0.5, 0.6) is 0 Å². The molecule has 0 unspecified atom stereocenters. The normalized spacial score (nSPS) is 18.9. The highest BCUT2D eigenvalue weighted by molar-refractivity contribution is 5.86. The van der Waals surface area contributed by atoms with E-state index in [0.717, 1.165) is 25.9 Å². The molecular weight excluding hydrogens is 248 g/mol. The van der Waals surface area contributed by atoms with Crippen molar-refractivity contribution >= 4 is 16.7 Å². The van der Waals surface area contributed by atoms with Crippen molar-refractivity contribution in [2.75, 3.05) is 13.1 Å². The molecule has 1 aliphatic rings. The number of fused-ring (bicyclic) bond motifs is 1. The second kappa shape index (κ2) is 6.06.